The summed E-state index contributed by atoms with van der Waals surface area (Å²) in [6, 6.07) is 10.2. The number of aromatic nitrogens is 2. The number of oxazole rings is 1. The van der Waals surface area contributed by atoms with E-state index in [1.807, 2.05) is 30.5 Å². The molecule has 0 spiro atoms. The molecule has 0 radical (unpaired) electrons. The first-order chi connectivity index (χ1) is 10.1. The summed E-state index contributed by atoms with van der Waals surface area (Å²) in [4.78, 5) is 8.69. The number of benzene rings is 1. The molecule has 0 bridgehead atoms. The largest absolute Gasteiger partial charge is 0.440 e. The van der Waals surface area contributed by atoms with Crippen molar-refractivity contribution in [3.8, 4) is 0 Å². The maximum absolute atomic E-state index is 5.73. The molecule has 21 heavy (non-hydrogen) atoms. The fourth-order valence-corrected chi connectivity index (χ4v) is 2.25. The molecular weight excluding hydrogens is 262 g/mol. The summed E-state index contributed by atoms with van der Waals surface area (Å²) in [6.45, 7) is 6.27. The predicted octanol–water partition coefficient (Wildman–Crippen LogP) is 4.52. The Bertz CT molecular complexity index is 734. The van der Waals surface area contributed by atoms with Crippen LogP contribution >= 0.6 is 0 Å². The number of hydrogen-bond donors (Lipinski definition) is 1. The van der Waals surface area contributed by atoms with E-state index in [4.69, 9.17) is 4.42 Å². The van der Waals surface area contributed by atoms with Crippen molar-refractivity contribution in [2.45, 2.75) is 32.7 Å². The van der Waals surface area contributed by atoms with E-state index < -0.39 is 0 Å². The van der Waals surface area contributed by atoms with Crippen molar-refractivity contribution >= 4 is 16.8 Å². The second-order valence-electron chi connectivity index (χ2n) is 5.54. The van der Waals surface area contributed by atoms with Gasteiger partial charge in [0, 0.05) is 24.0 Å². The molecule has 0 amide bonds. The molecule has 0 fully saturated rings. The Labute approximate surface area is 124 Å². The van der Waals surface area contributed by atoms with Gasteiger partial charge in [-0.3, -0.25) is 4.98 Å². The summed E-state index contributed by atoms with van der Waals surface area (Å²) in [5.41, 5.74) is 3.91. The third-order valence-electron chi connectivity index (χ3n) is 3.47. The molecule has 1 atom stereocenters. The minimum atomic E-state index is 0.188. The van der Waals surface area contributed by atoms with Gasteiger partial charge in [0.25, 0.3) is 0 Å². The lowest BCUT2D eigenvalue weighted by atomic mass is 10.1. The molecule has 2 aromatic heterocycles. The van der Waals surface area contributed by atoms with Gasteiger partial charge in [0.05, 0.1) is 6.04 Å². The van der Waals surface area contributed by atoms with Gasteiger partial charge in [-0.15, -0.1) is 0 Å². The first-order valence-corrected chi connectivity index (χ1v) is 7.20. The van der Waals surface area contributed by atoms with Crippen LogP contribution in [-0.2, 0) is 0 Å². The normalized spacial score (nSPS) is 12.8. The molecule has 0 saturated carbocycles. The smallest absolute Gasteiger partial charge is 0.198 e. The zero-order valence-corrected chi connectivity index (χ0v) is 12.5. The van der Waals surface area contributed by atoms with Crippen LogP contribution in [0.3, 0.4) is 0 Å². The van der Waals surface area contributed by atoms with Gasteiger partial charge < -0.3 is 9.73 Å². The Kier molecular flexibility index (Phi) is 3.60. The zero-order valence-electron chi connectivity index (χ0n) is 12.5. The number of rotatable bonds is 4. The Morgan fingerprint density at radius 1 is 1.14 bits per heavy atom. The van der Waals surface area contributed by atoms with Gasteiger partial charge in [0.2, 0.25) is 0 Å². The van der Waals surface area contributed by atoms with Crippen LogP contribution in [0.1, 0.15) is 44.2 Å². The Morgan fingerprint density at radius 3 is 2.71 bits per heavy atom. The molecule has 2 heterocycles. The molecule has 4 heteroatoms. The highest BCUT2D eigenvalue weighted by Crippen LogP contribution is 2.25. The van der Waals surface area contributed by atoms with E-state index in [-0.39, 0.29) is 6.04 Å². The molecule has 1 N–H and O–H groups in total. The van der Waals surface area contributed by atoms with Crippen molar-refractivity contribution in [2.24, 2.45) is 0 Å². The fourth-order valence-electron chi connectivity index (χ4n) is 2.25. The fraction of sp³-hybridized carbons (Fsp3) is 0.294. The second-order valence-corrected chi connectivity index (χ2v) is 5.54. The minimum Gasteiger partial charge on any atom is -0.440 e. The van der Waals surface area contributed by atoms with E-state index in [9.17, 15) is 0 Å². The summed E-state index contributed by atoms with van der Waals surface area (Å²) in [5, 5.41) is 3.47. The van der Waals surface area contributed by atoms with Crippen LogP contribution in [0.15, 0.2) is 47.1 Å². The lowest BCUT2D eigenvalue weighted by molar-refractivity contribution is 0.501. The molecule has 0 aliphatic carbocycles. The van der Waals surface area contributed by atoms with Crippen LogP contribution in [-0.4, -0.2) is 9.97 Å². The second kappa shape index (κ2) is 5.56. The van der Waals surface area contributed by atoms with E-state index in [0.29, 0.717) is 5.92 Å². The summed E-state index contributed by atoms with van der Waals surface area (Å²) >= 11 is 0. The van der Waals surface area contributed by atoms with Crippen molar-refractivity contribution in [1.82, 2.24) is 9.97 Å². The third kappa shape index (κ3) is 2.89. The molecule has 1 aromatic carbocycles. The highest BCUT2D eigenvalue weighted by molar-refractivity contribution is 5.77. The Balaban J connectivity index is 1.84. The van der Waals surface area contributed by atoms with E-state index >= 15 is 0 Å². The van der Waals surface area contributed by atoms with E-state index in [1.165, 1.54) is 0 Å². The summed E-state index contributed by atoms with van der Waals surface area (Å²) in [5.74, 6) is 1.07. The molecule has 3 rings (SSSR count). The average Bonchev–Trinajstić information content (AvgIpc) is 2.91. The van der Waals surface area contributed by atoms with Gasteiger partial charge in [-0.2, -0.15) is 0 Å². The average molecular weight is 281 g/mol. The zero-order chi connectivity index (χ0) is 14.8. The van der Waals surface area contributed by atoms with Crippen LogP contribution in [0.2, 0.25) is 0 Å². The number of nitrogens with zero attached hydrogens (tertiary/aromatic N) is 2. The highest BCUT2D eigenvalue weighted by Gasteiger charge is 2.11. The van der Waals surface area contributed by atoms with E-state index in [0.717, 1.165) is 28.2 Å². The van der Waals surface area contributed by atoms with Crippen molar-refractivity contribution < 1.29 is 4.42 Å². The quantitative estimate of drug-likeness (QED) is 0.764. The molecule has 0 aliphatic heterocycles. The molecule has 1 unspecified atom stereocenters. The van der Waals surface area contributed by atoms with Crippen LogP contribution in [0, 0.1) is 0 Å². The molecular formula is C17H19N3O. The predicted molar refractivity (Wildman–Crippen MR) is 84.4 cm³/mol. The van der Waals surface area contributed by atoms with Gasteiger partial charge in [-0.25, -0.2) is 4.98 Å². The van der Waals surface area contributed by atoms with Gasteiger partial charge >= 0.3 is 0 Å². The number of pyridine rings is 1. The lowest BCUT2D eigenvalue weighted by Crippen LogP contribution is -2.06. The molecule has 108 valence electrons. The first kappa shape index (κ1) is 13.6. The van der Waals surface area contributed by atoms with Crippen LogP contribution in [0.5, 0.6) is 0 Å². The van der Waals surface area contributed by atoms with Crippen molar-refractivity contribution in [3.63, 3.8) is 0 Å². The summed E-state index contributed by atoms with van der Waals surface area (Å²) in [6.07, 6.45) is 3.66. The monoisotopic (exact) mass is 281 g/mol. The van der Waals surface area contributed by atoms with Gasteiger partial charge in [-0.05, 0) is 36.8 Å². The maximum atomic E-state index is 5.73. The minimum absolute atomic E-state index is 0.188. The number of anilines is 1. The maximum Gasteiger partial charge on any atom is 0.198 e. The van der Waals surface area contributed by atoms with Gasteiger partial charge in [-0.1, -0.05) is 19.9 Å². The van der Waals surface area contributed by atoms with E-state index in [1.54, 1.807) is 6.20 Å². The van der Waals surface area contributed by atoms with Crippen LogP contribution in [0.25, 0.3) is 11.1 Å². The standard InChI is InChI=1S/C17H19N3O/c1-11(2)17-20-15-9-14(6-7-16(15)21-17)19-12(3)13-5-4-8-18-10-13/h4-12,19H,1-3H3. The summed E-state index contributed by atoms with van der Waals surface area (Å²) in [7, 11) is 0. The number of fused-ring (bicyclic) bond motifs is 1. The van der Waals surface area contributed by atoms with Gasteiger partial charge in [0.15, 0.2) is 11.5 Å². The number of hydrogen-bond acceptors (Lipinski definition) is 4. The first-order valence-electron chi connectivity index (χ1n) is 7.20. The lowest BCUT2D eigenvalue weighted by Gasteiger charge is -2.14. The highest BCUT2D eigenvalue weighted by atomic mass is 16.3. The molecule has 4 nitrogen and oxygen atoms in total. The Hall–Kier alpha value is -2.36. The number of nitrogens with one attached hydrogen (secondary N) is 1. The third-order valence-corrected chi connectivity index (χ3v) is 3.47. The van der Waals surface area contributed by atoms with Crippen molar-refractivity contribution in [1.29, 1.82) is 0 Å². The van der Waals surface area contributed by atoms with Crippen LogP contribution < -0.4 is 5.32 Å². The molecule has 0 aliphatic rings. The molecule has 0 saturated heterocycles. The SMILES string of the molecule is CC(C)c1nc2cc(NC(C)c3cccnc3)ccc2o1. The Morgan fingerprint density at radius 2 is 2.00 bits per heavy atom. The van der Waals surface area contributed by atoms with Gasteiger partial charge in [0.1, 0.15) is 5.52 Å². The van der Waals surface area contributed by atoms with Crippen molar-refractivity contribution in [3.05, 3.63) is 54.2 Å². The summed E-state index contributed by atoms with van der Waals surface area (Å²) < 4.78 is 5.73. The topological polar surface area (TPSA) is 51.0 Å². The van der Waals surface area contributed by atoms with Crippen molar-refractivity contribution in [2.75, 3.05) is 5.32 Å². The van der Waals surface area contributed by atoms with E-state index in [2.05, 4.69) is 42.1 Å². The molecule has 3 aromatic rings. The van der Waals surface area contributed by atoms with Crippen LogP contribution in [0.4, 0.5) is 5.69 Å².